The number of rotatable bonds is 4. The zero-order valence-corrected chi connectivity index (χ0v) is 15.2. The second kappa shape index (κ2) is 7.04. The van der Waals surface area contributed by atoms with Gasteiger partial charge < -0.3 is 11.1 Å². The van der Waals surface area contributed by atoms with Gasteiger partial charge in [-0.2, -0.15) is 13.2 Å². The van der Waals surface area contributed by atoms with E-state index in [1.165, 1.54) is 18.5 Å². The number of nitrogen functional groups attached to an aromatic ring is 1. The smallest absolute Gasteiger partial charge is 0.382 e. The summed E-state index contributed by atoms with van der Waals surface area (Å²) in [5.74, 6) is 0.779. The summed E-state index contributed by atoms with van der Waals surface area (Å²) in [5.41, 5.74) is 7.71. The molecule has 3 aromatic heterocycles. The molecule has 0 bridgehead atoms. The highest BCUT2D eigenvalue weighted by Gasteiger charge is 2.30. The predicted molar refractivity (Wildman–Crippen MR) is 102 cm³/mol. The molecule has 0 aliphatic heterocycles. The van der Waals surface area contributed by atoms with Crippen LogP contribution in [0.1, 0.15) is 24.1 Å². The molecule has 0 amide bonds. The molecule has 4 rings (SSSR count). The number of alkyl halides is 3. The van der Waals surface area contributed by atoms with Crippen LogP contribution < -0.4 is 11.1 Å². The Hall–Kier alpha value is -3.69. The number of nitrogens with one attached hydrogen (secondary N) is 1. The Morgan fingerprint density at radius 1 is 1.10 bits per heavy atom. The maximum absolute atomic E-state index is 12.7. The largest absolute Gasteiger partial charge is 0.416 e. The number of halogens is 3. The normalized spacial score (nSPS) is 12.8. The lowest BCUT2D eigenvalue weighted by molar-refractivity contribution is -0.137. The Labute approximate surface area is 163 Å². The van der Waals surface area contributed by atoms with Crippen LogP contribution in [-0.4, -0.2) is 24.6 Å². The van der Waals surface area contributed by atoms with Gasteiger partial charge in [-0.1, -0.05) is 12.1 Å². The van der Waals surface area contributed by atoms with Crippen molar-refractivity contribution in [3.05, 3.63) is 66.2 Å². The number of anilines is 2. The van der Waals surface area contributed by atoms with Gasteiger partial charge in [0.1, 0.15) is 12.1 Å². The molecule has 0 radical (unpaired) electrons. The number of hydrogen-bond acceptors (Lipinski definition) is 6. The van der Waals surface area contributed by atoms with Crippen molar-refractivity contribution >= 4 is 17.3 Å². The van der Waals surface area contributed by atoms with Crippen LogP contribution in [0.25, 0.3) is 16.9 Å². The van der Waals surface area contributed by atoms with Gasteiger partial charge in [-0.3, -0.25) is 0 Å². The molecule has 3 heterocycles. The molecule has 0 fully saturated rings. The molecule has 10 heteroatoms. The minimum absolute atomic E-state index is 0.278. The summed E-state index contributed by atoms with van der Waals surface area (Å²) in [6, 6.07) is 8.16. The van der Waals surface area contributed by atoms with E-state index in [1.807, 2.05) is 6.92 Å². The number of benzene rings is 1. The molecule has 3 N–H and O–H groups in total. The highest BCUT2D eigenvalue weighted by molar-refractivity contribution is 5.84. The van der Waals surface area contributed by atoms with Crippen LogP contribution >= 0.6 is 0 Å². The first-order chi connectivity index (χ1) is 13.8. The molecular formula is C19H16F3N7. The lowest BCUT2D eigenvalue weighted by Crippen LogP contribution is -2.10. The molecule has 0 saturated carbocycles. The van der Waals surface area contributed by atoms with Crippen molar-refractivity contribution < 1.29 is 13.2 Å². The molecule has 29 heavy (non-hydrogen) atoms. The zero-order valence-electron chi connectivity index (χ0n) is 15.2. The van der Waals surface area contributed by atoms with Gasteiger partial charge in [0, 0.05) is 24.5 Å². The first-order valence-corrected chi connectivity index (χ1v) is 8.68. The highest BCUT2D eigenvalue weighted by atomic mass is 19.4. The summed E-state index contributed by atoms with van der Waals surface area (Å²) < 4.78 is 39.8. The van der Waals surface area contributed by atoms with Crippen molar-refractivity contribution in [3.63, 3.8) is 0 Å². The van der Waals surface area contributed by atoms with Crippen molar-refractivity contribution in [2.75, 3.05) is 11.1 Å². The number of fused-ring (bicyclic) bond motifs is 1. The maximum Gasteiger partial charge on any atom is 0.416 e. The lowest BCUT2D eigenvalue weighted by Gasteiger charge is -2.16. The number of nitrogens with two attached hydrogens (primary N) is 1. The average molecular weight is 399 g/mol. The van der Waals surface area contributed by atoms with Crippen LogP contribution in [0.2, 0.25) is 0 Å². The van der Waals surface area contributed by atoms with Crippen LogP contribution in [-0.2, 0) is 6.18 Å². The zero-order chi connectivity index (χ0) is 20.6. The first-order valence-electron chi connectivity index (χ1n) is 8.68. The van der Waals surface area contributed by atoms with E-state index in [4.69, 9.17) is 5.73 Å². The van der Waals surface area contributed by atoms with Crippen molar-refractivity contribution in [1.82, 2.24) is 24.6 Å². The number of hydrogen-bond donors (Lipinski definition) is 2. The number of aromatic nitrogens is 5. The molecule has 1 aromatic carbocycles. The van der Waals surface area contributed by atoms with E-state index in [2.05, 4.69) is 25.4 Å². The van der Waals surface area contributed by atoms with Crippen molar-refractivity contribution in [3.8, 4) is 11.3 Å². The highest BCUT2D eigenvalue weighted by Crippen LogP contribution is 2.31. The van der Waals surface area contributed by atoms with Gasteiger partial charge in [0.25, 0.3) is 0 Å². The third-order valence-corrected chi connectivity index (χ3v) is 4.45. The van der Waals surface area contributed by atoms with Crippen LogP contribution in [0.5, 0.6) is 0 Å². The standard InChI is InChI=1S/C19H16F3N7/c1-11(12-3-5-13(6-4-12)19(20,21)22)27-15-9-14(25-10-26-15)16-17(23)28-29-8-2-7-24-18(16)29/h2-11H,1H3,(H2,23,28)(H,25,26,27)/t11-/m0/s1. The van der Waals surface area contributed by atoms with Crippen molar-refractivity contribution in [2.45, 2.75) is 19.1 Å². The van der Waals surface area contributed by atoms with Gasteiger partial charge in [-0.05, 0) is 30.7 Å². The molecule has 0 aliphatic rings. The average Bonchev–Trinajstić information content (AvgIpc) is 3.03. The fourth-order valence-electron chi connectivity index (χ4n) is 2.99. The Bertz CT molecular complexity index is 1150. The molecule has 4 aromatic rings. The van der Waals surface area contributed by atoms with E-state index in [0.29, 0.717) is 28.3 Å². The topological polar surface area (TPSA) is 94.0 Å². The monoisotopic (exact) mass is 399 g/mol. The molecular weight excluding hydrogens is 383 g/mol. The minimum atomic E-state index is -4.36. The molecule has 148 valence electrons. The Morgan fingerprint density at radius 3 is 2.59 bits per heavy atom. The summed E-state index contributed by atoms with van der Waals surface area (Å²) in [4.78, 5) is 12.7. The second-order valence-corrected chi connectivity index (χ2v) is 6.42. The van der Waals surface area contributed by atoms with Gasteiger partial charge in [-0.15, -0.1) is 5.10 Å². The van der Waals surface area contributed by atoms with E-state index < -0.39 is 11.7 Å². The van der Waals surface area contributed by atoms with E-state index in [9.17, 15) is 13.2 Å². The van der Waals surface area contributed by atoms with E-state index in [-0.39, 0.29) is 11.9 Å². The Morgan fingerprint density at radius 2 is 1.86 bits per heavy atom. The summed E-state index contributed by atoms with van der Waals surface area (Å²) in [5, 5.41) is 7.38. The van der Waals surface area contributed by atoms with Crippen molar-refractivity contribution in [1.29, 1.82) is 0 Å². The molecule has 1 atom stereocenters. The van der Waals surface area contributed by atoms with Gasteiger partial charge in [0.2, 0.25) is 0 Å². The predicted octanol–water partition coefficient (Wildman–Crippen LogP) is 3.96. The first kappa shape index (κ1) is 18.7. The molecule has 0 spiro atoms. The summed E-state index contributed by atoms with van der Waals surface area (Å²) in [6.07, 6.45) is 0.379. The SMILES string of the molecule is C[C@H](Nc1cc(-c2c(N)nn3cccnc23)ncn1)c1ccc(C(F)(F)F)cc1. The lowest BCUT2D eigenvalue weighted by atomic mass is 10.1. The second-order valence-electron chi connectivity index (χ2n) is 6.42. The van der Waals surface area contributed by atoms with Gasteiger partial charge >= 0.3 is 6.18 Å². The van der Waals surface area contributed by atoms with E-state index >= 15 is 0 Å². The third kappa shape index (κ3) is 3.68. The molecule has 7 nitrogen and oxygen atoms in total. The van der Waals surface area contributed by atoms with E-state index in [1.54, 1.807) is 29.0 Å². The third-order valence-electron chi connectivity index (χ3n) is 4.45. The summed E-state index contributed by atoms with van der Waals surface area (Å²) in [7, 11) is 0. The number of nitrogens with zero attached hydrogens (tertiary/aromatic N) is 5. The Balaban J connectivity index is 1.60. The van der Waals surface area contributed by atoms with Gasteiger partial charge in [0.05, 0.1) is 16.8 Å². The quantitative estimate of drug-likeness (QED) is 0.540. The maximum atomic E-state index is 12.7. The summed E-state index contributed by atoms with van der Waals surface area (Å²) >= 11 is 0. The fraction of sp³-hybridized carbons (Fsp3) is 0.158. The van der Waals surface area contributed by atoms with Gasteiger partial charge in [-0.25, -0.2) is 19.5 Å². The minimum Gasteiger partial charge on any atom is -0.382 e. The van der Waals surface area contributed by atoms with Crippen LogP contribution in [0.3, 0.4) is 0 Å². The fourth-order valence-corrected chi connectivity index (χ4v) is 2.99. The van der Waals surface area contributed by atoms with Gasteiger partial charge in [0.15, 0.2) is 11.5 Å². The van der Waals surface area contributed by atoms with Crippen molar-refractivity contribution in [2.24, 2.45) is 0 Å². The summed E-state index contributed by atoms with van der Waals surface area (Å²) in [6.45, 7) is 1.83. The van der Waals surface area contributed by atoms with E-state index in [0.717, 1.165) is 12.1 Å². The Kier molecular flexibility index (Phi) is 4.53. The molecule has 0 unspecified atom stereocenters. The molecule has 0 saturated heterocycles. The van der Waals surface area contributed by atoms with Crippen LogP contribution in [0.15, 0.2) is 55.1 Å². The van der Waals surface area contributed by atoms with Crippen LogP contribution in [0, 0.1) is 0 Å². The molecule has 0 aliphatic carbocycles. The van der Waals surface area contributed by atoms with Crippen LogP contribution in [0.4, 0.5) is 24.8 Å².